The fraction of sp³-hybridized carbons (Fsp3) is 0.167. The van der Waals surface area contributed by atoms with E-state index in [9.17, 15) is 9.59 Å². The van der Waals surface area contributed by atoms with Gasteiger partial charge < -0.3 is 16.0 Å². The van der Waals surface area contributed by atoms with E-state index in [2.05, 4.69) is 16.4 Å². The average molecular weight is 228 g/mol. The first-order valence-electron chi connectivity index (χ1n) is 5.27. The smallest absolute Gasteiger partial charge is 0.268 e. The molecule has 0 saturated heterocycles. The molecular formula is C12H10N3O2. The van der Waals surface area contributed by atoms with Crippen molar-refractivity contribution in [3.8, 4) is 0 Å². The summed E-state index contributed by atoms with van der Waals surface area (Å²) < 4.78 is 0. The molecule has 1 aromatic heterocycles. The van der Waals surface area contributed by atoms with Crippen LogP contribution in [-0.4, -0.2) is 22.8 Å². The number of carbonyl (C=O) groups excluding carboxylic acids is 2. The van der Waals surface area contributed by atoms with Crippen LogP contribution >= 0.6 is 0 Å². The van der Waals surface area contributed by atoms with Crippen LogP contribution in [0.15, 0.2) is 18.2 Å². The first-order chi connectivity index (χ1) is 8.16. The molecule has 0 fully saturated rings. The van der Waals surface area contributed by atoms with Crippen LogP contribution in [0.2, 0.25) is 0 Å². The Balaban J connectivity index is 2.20. The number of fused-ring (bicyclic) bond motifs is 3. The minimum atomic E-state index is -0.630. The van der Waals surface area contributed by atoms with E-state index in [-0.39, 0.29) is 5.91 Å². The van der Waals surface area contributed by atoms with E-state index >= 15 is 0 Å². The fourth-order valence-corrected chi connectivity index (χ4v) is 2.20. The van der Waals surface area contributed by atoms with Crippen LogP contribution in [0.1, 0.15) is 16.1 Å². The first kappa shape index (κ1) is 9.89. The fourth-order valence-electron chi connectivity index (χ4n) is 2.20. The SMILES string of the molecule is NC(=O)C1Cc2c([nH]c3cc[c]cc23)C(=O)N1. The number of aromatic amines is 1. The van der Waals surface area contributed by atoms with Crippen molar-refractivity contribution in [3.05, 3.63) is 35.5 Å². The summed E-state index contributed by atoms with van der Waals surface area (Å²) >= 11 is 0. The molecule has 1 aliphatic heterocycles. The molecule has 2 aromatic rings. The van der Waals surface area contributed by atoms with Crippen molar-refractivity contribution in [2.75, 3.05) is 0 Å². The zero-order valence-corrected chi connectivity index (χ0v) is 8.91. The Kier molecular flexibility index (Phi) is 1.95. The Morgan fingerprint density at radius 3 is 3.12 bits per heavy atom. The normalized spacial score (nSPS) is 18.8. The number of hydrogen-bond donors (Lipinski definition) is 3. The number of H-pyrrole nitrogens is 1. The molecule has 85 valence electrons. The molecule has 2 heterocycles. The van der Waals surface area contributed by atoms with Gasteiger partial charge in [0, 0.05) is 17.3 Å². The molecule has 1 aliphatic rings. The lowest BCUT2D eigenvalue weighted by Gasteiger charge is -2.20. The van der Waals surface area contributed by atoms with Gasteiger partial charge in [-0.2, -0.15) is 0 Å². The maximum atomic E-state index is 11.8. The third kappa shape index (κ3) is 1.39. The van der Waals surface area contributed by atoms with Crippen molar-refractivity contribution < 1.29 is 9.59 Å². The third-order valence-corrected chi connectivity index (χ3v) is 3.03. The van der Waals surface area contributed by atoms with Gasteiger partial charge in [-0.1, -0.05) is 6.07 Å². The van der Waals surface area contributed by atoms with Gasteiger partial charge in [0.1, 0.15) is 11.7 Å². The predicted octanol–water partition coefficient (Wildman–Crippen LogP) is 0.108. The van der Waals surface area contributed by atoms with E-state index in [1.54, 1.807) is 12.1 Å². The molecule has 1 aromatic carbocycles. The largest absolute Gasteiger partial charge is 0.368 e. The number of benzene rings is 1. The number of carbonyl (C=O) groups is 2. The van der Waals surface area contributed by atoms with Crippen LogP contribution in [-0.2, 0) is 11.2 Å². The molecule has 0 bridgehead atoms. The highest BCUT2D eigenvalue weighted by Crippen LogP contribution is 2.26. The number of hydrogen-bond acceptors (Lipinski definition) is 2. The molecule has 3 rings (SSSR count). The van der Waals surface area contributed by atoms with Gasteiger partial charge in [0.05, 0.1) is 0 Å². The Labute approximate surface area is 97.0 Å². The second-order valence-corrected chi connectivity index (χ2v) is 4.08. The van der Waals surface area contributed by atoms with Crippen molar-refractivity contribution in [2.24, 2.45) is 5.73 Å². The number of amides is 2. The highest BCUT2D eigenvalue weighted by molar-refractivity contribution is 6.04. The summed E-state index contributed by atoms with van der Waals surface area (Å²) in [6.45, 7) is 0. The summed E-state index contributed by atoms with van der Waals surface area (Å²) in [4.78, 5) is 26.0. The molecular weight excluding hydrogens is 218 g/mol. The molecule has 1 unspecified atom stereocenters. The maximum Gasteiger partial charge on any atom is 0.268 e. The lowest BCUT2D eigenvalue weighted by Crippen LogP contribution is -2.49. The lowest BCUT2D eigenvalue weighted by molar-refractivity contribution is -0.119. The van der Waals surface area contributed by atoms with Gasteiger partial charge in [0.15, 0.2) is 0 Å². The molecule has 4 N–H and O–H groups in total. The van der Waals surface area contributed by atoms with Gasteiger partial charge in [-0.25, -0.2) is 0 Å². The average Bonchev–Trinajstić information content (AvgIpc) is 2.68. The Morgan fingerprint density at radius 1 is 1.53 bits per heavy atom. The van der Waals surface area contributed by atoms with Crippen LogP contribution in [0, 0.1) is 6.07 Å². The van der Waals surface area contributed by atoms with E-state index in [4.69, 9.17) is 5.73 Å². The van der Waals surface area contributed by atoms with E-state index in [0.29, 0.717) is 12.1 Å². The van der Waals surface area contributed by atoms with E-state index < -0.39 is 11.9 Å². The molecule has 5 heteroatoms. The zero-order valence-electron chi connectivity index (χ0n) is 8.91. The molecule has 0 saturated carbocycles. The van der Waals surface area contributed by atoms with Gasteiger partial charge in [-0.3, -0.25) is 9.59 Å². The topological polar surface area (TPSA) is 88.0 Å². The summed E-state index contributed by atoms with van der Waals surface area (Å²) in [7, 11) is 0. The second-order valence-electron chi connectivity index (χ2n) is 4.08. The molecule has 1 radical (unpaired) electrons. The van der Waals surface area contributed by atoms with Gasteiger partial charge in [0.25, 0.3) is 5.91 Å². The van der Waals surface area contributed by atoms with Gasteiger partial charge >= 0.3 is 0 Å². The predicted molar refractivity (Wildman–Crippen MR) is 61.3 cm³/mol. The van der Waals surface area contributed by atoms with E-state index in [1.807, 2.05) is 6.07 Å². The van der Waals surface area contributed by atoms with Crippen molar-refractivity contribution in [1.82, 2.24) is 10.3 Å². The Morgan fingerprint density at radius 2 is 2.35 bits per heavy atom. The molecule has 0 spiro atoms. The number of nitrogens with two attached hydrogens (primary N) is 1. The zero-order chi connectivity index (χ0) is 12.0. The van der Waals surface area contributed by atoms with Crippen LogP contribution in [0.5, 0.6) is 0 Å². The maximum absolute atomic E-state index is 11.8. The monoisotopic (exact) mass is 228 g/mol. The molecule has 1 atom stereocenters. The van der Waals surface area contributed by atoms with Crippen molar-refractivity contribution in [2.45, 2.75) is 12.5 Å². The Bertz CT molecular complexity index is 630. The van der Waals surface area contributed by atoms with E-state index in [1.165, 1.54) is 0 Å². The summed E-state index contributed by atoms with van der Waals surface area (Å²) in [5.74, 6) is -0.801. The summed E-state index contributed by atoms with van der Waals surface area (Å²) in [6, 6.07) is 7.76. The number of aromatic nitrogens is 1. The summed E-state index contributed by atoms with van der Waals surface area (Å²) in [5.41, 5.74) is 7.45. The second kappa shape index (κ2) is 3.35. The Hall–Kier alpha value is -2.30. The molecule has 5 nitrogen and oxygen atoms in total. The first-order valence-corrected chi connectivity index (χ1v) is 5.27. The van der Waals surface area contributed by atoms with E-state index in [0.717, 1.165) is 16.5 Å². The quantitative estimate of drug-likeness (QED) is 0.646. The number of nitrogens with one attached hydrogen (secondary N) is 2. The summed E-state index contributed by atoms with van der Waals surface area (Å²) in [5, 5.41) is 3.50. The highest BCUT2D eigenvalue weighted by Gasteiger charge is 2.30. The van der Waals surface area contributed by atoms with Gasteiger partial charge in [-0.15, -0.1) is 0 Å². The number of primary amides is 1. The molecule has 0 aliphatic carbocycles. The van der Waals surface area contributed by atoms with Crippen molar-refractivity contribution >= 4 is 22.7 Å². The van der Waals surface area contributed by atoms with Crippen LogP contribution < -0.4 is 11.1 Å². The highest BCUT2D eigenvalue weighted by atomic mass is 16.2. The minimum Gasteiger partial charge on any atom is -0.368 e. The van der Waals surface area contributed by atoms with Crippen molar-refractivity contribution in [1.29, 1.82) is 0 Å². The summed E-state index contributed by atoms with van der Waals surface area (Å²) in [6.07, 6.45) is 0.425. The van der Waals surface area contributed by atoms with Crippen LogP contribution in [0.25, 0.3) is 10.9 Å². The standard InChI is InChI=1S/C12H10N3O2/c13-11(16)9-5-7-6-3-1-2-4-8(6)14-10(7)12(17)15-9/h2-4,9,14H,5H2,(H2,13,16)(H,15,17). The van der Waals surface area contributed by atoms with Crippen LogP contribution in [0.3, 0.4) is 0 Å². The molecule has 2 amide bonds. The van der Waals surface area contributed by atoms with Crippen molar-refractivity contribution in [3.63, 3.8) is 0 Å². The minimum absolute atomic E-state index is 0.286. The van der Waals surface area contributed by atoms with Crippen LogP contribution in [0.4, 0.5) is 0 Å². The third-order valence-electron chi connectivity index (χ3n) is 3.03. The number of rotatable bonds is 1. The molecule has 17 heavy (non-hydrogen) atoms. The van der Waals surface area contributed by atoms with Gasteiger partial charge in [-0.05, 0) is 23.8 Å². The van der Waals surface area contributed by atoms with Gasteiger partial charge in [0.2, 0.25) is 5.91 Å². The lowest BCUT2D eigenvalue weighted by atomic mass is 9.98.